The molecule has 9 heteroatoms. The highest BCUT2D eigenvalue weighted by atomic mass is 32.2. The van der Waals surface area contributed by atoms with E-state index in [2.05, 4.69) is 28.7 Å². The van der Waals surface area contributed by atoms with Crippen LogP contribution in [0.25, 0.3) is 0 Å². The molecule has 2 aromatic rings. The number of rotatable bonds is 14. The van der Waals surface area contributed by atoms with Crippen LogP contribution in [0.5, 0.6) is 0 Å². The molecule has 0 spiro atoms. The number of unbranched alkanes of at least 4 members (excludes halogenated alkanes) is 1. The topological polar surface area (TPSA) is 71.5 Å². The third kappa shape index (κ3) is 9.71. The van der Waals surface area contributed by atoms with Crippen molar-refractivity contribution < 1.29 is 22.8 Å². The fourth-order valence-corrected chi connectivity index (χ4v) is 4.29. The third-order valence-corrected chi connectivity index (χ3v) is 6.47. The third-order valence-electron chi connectivity index (χ3n) is 4.96. The number of hydrogen-bond donors (Lipinski definition) is 2. The Morgan fingerprint density at radius 3 is 2.61 bits per heavy atom. The Kier molecular flexibility index (Phi) is 11.0. The first-order chi connectivity index (χ1) is 14.8. The second kappa shape index (κ2) is 13.2. The zero-order chi connectivity index (χ0) is 22.7. The first-order valence-corrected chi connectivity index (χ1v) is 12.4. The molecule has 0 aliphatic carbocycles. The van der Waals surface area contributed by atoms with Gasteiger partial charge in [0.1, 0.15) is 18.2 Å². The van der Waals surface area contributed by atoms with E-state index < -0.39 is 8.25 Å². The second-order valence-corrected chi connectivity index (χ2v) is 9.77. The minimum absolute atomic E-state index is 0.0262. The van der Waals surface area contributed by atoms with Crippen molar-refractivity contribution in [2.45, 2.75) is 56.4 Å². The van der Waals surface area contributed by atoms with E-state index in [0.29, 0.717) is 30.1 Å². The molecule has 1 aromatic heterocycles. The summed E-state index contributed by atoms with van der Waals surface area (Å²) in [7, 11) is -2.55. The van der Waals surface area contributed by atoms with E-state index in [4.69, 9.17) is 4.89 Å². The van der Waals surface area contributed by atoms with Gasteiger partial charge in [0.05, 0.1) is 10.6 Å². The predicted molar refractivity (Wildman–Crippen MR) is 120 cm³/mol. The summed E-state index contributed by atoms with van der Waals surface area (Å²) < 4.78 is 42.4. The van der Waals surface area contributed by atoms with Crippen LogP contribution in [0.2, 0.25) is 0 Å². The van der Waals surface area contributed by atoms with Gasteiger partial charge in [-0.3, -0.25) is 4.98 Å². The molecule has 0 aliphatic rings. The molecular formula is C22H30F2N2O3PS+. The van der Waals surface area contributed by atoms with Crippen LogP contribution in [-0.2, 0) is 21.0 Å². The Morgan fingerprint density at radius 1 is 1.19 bits per heavy atom. The van der Waals surface area contributed by atoms with Gasteiger partial charge in [-0.05, 0) is 60.7 Å². The molecule has 1 heterocycles. The predicted octanol–water partition coefficient (Wildman–Crippen LogP) is 5.75. The molecule has 0 bridgehead atoms. The number of pyridine rings is 1. The molecule has 0 aliphatic heterocycles. The van der Waals surface area contributed by atoms with Gasteiger partial charge >= 0.3 is 8.25 Å². The molecule has 0 saturated carbocycles. The Balaban J connectivity index is 1.66. The fourth-order valence-electron chi connectivity index (χ4n) is 3.11. The molecule has 0 saturated heterocycles. The van der Waals surface area contributed by atoms with E-state index in [1.807, 2.05) is 12.1 Å². The maximum absolute atomic E-state index is 14.3. The number of benzene rings is 1. The molecule has 1 unspecified atom stereocenters. The van der Waals surface area contributed by atoms with Crippen LogP contribution in [0.1, 0.15) is 50.8 Å². The fraction of sp³-hybridized carbons (Fsp3) is 0.500. The highest BCUT2D eigenvalue weighted by Crippen LogP contribution is 2.30. The van der Waals surface area contributed by atoms with Gasteiger partial charge in [0.2, 0.25) is 0 Å². The van der Waals surface area contributed by atoms with Crippen LogP contribution < -0.4 is 5.32 Å². The molecule has 2 N–H and O–H groups in total. The van der Waals surface area contributed by atoms with Crippen LogP contribution in [0.3, 0.4) is 0 Å². The monoisotopic (exact) mass is 471 g/mol. The zero-order valence-corrected chi connectivity index (χ0v) is 19.7. The minimum atomic E-state index is -2.55. The lowest BCUT2D eigenvalue weighted by Gasteiger charge is -2.25. The van der Waals surface area contributed by atoms with Gasteiger partial charge in [0, 0.05) is 17.3 Å². The van der Waals surface area contributed by atoms with Gasteiger partial charge in [0.25, 0.3) is 0 Å². The number of nitrogens with zero attached hydrogens (tertiary/aromatic N) is 1. The van der Waals surface area contributed by atoms with Crippen molar-refractivity contribution in [3.05, 3.63) is 59.4 Å². The van der Waals surface area contributed by atoms with Crippen molar-refractivity contribution in [3.63, 3.8) is 0 Å². The molecule has 2 rings (SSSR count). The van der Waals surface area contributed by atoms with Gasteiger partial charge in [-0.25, -0.2) is 8.78 Å². The molecule has 1 aromatic carbocycles. The summed E-state index contributed by atoms with van der Waals surface area (Å²) in [5, 5.41) is 3.10. The number of halogens is 2. The molecule has 0 amide bonds. The van der Waals surface area contributed by atoms with Crippen LogP contribution >= 0.6 is 20.0 Å². The average Bonchev–Trinajstić information content (AvgIpc) is 2.71. The summed E-state index contributed by atoms with van der Waals surface area (Å²) in [4.78, 5) is 13.4. The van der Waals surface area contributed by atoms with Gasteiger partial charge in [-0.15, -0.1) is 21.2 Å². The molecule has 0 fully saturated rings. The largest absolute Gasteiger partial charge is 0.694 e. The molecule has 31 heavy (non-hydrogen) atoms. The van der Waals surface area contributed by atoms with E-state index >= 15 is 0 Å². The standard InChI is InChI=1S/C22H29F2N2O3PS/c1-22(2,17-6-8-18(23)9-7-17)10-3-4-13-31-21-16-26-19(14-20(21)24)15-25-11-5-12-29-30(27)28/h6-9,14,16,25H,3-5,10-13,15H2,1-2H3/p+1. The highest BCUT2D eigenvalue weighted by molar-refractivity contribution is 7.99. The first kappa shape index (κ1) is 25.8. The van der Waals surface area contributed by atoms with Crippen LogP contribution in [0.15, 0.2) is 41.4 Å². The number of aromatic nitrogens is 1. The maximum Gasteiger partial charge on any atom is 0.694 e. The first-order valence-electron chi connectivity index (χ1n) is 10.3. The number of thioether (sulfide) groups is 1. The van der Waals surface area contributed by atoms with Crippen molar-refractivity contribution in [3.8, 4) is 0 Å². The molecule has 5 nitrogen and oxygen atoms in total. The quantitative estimate of drug-likeness (QED) is 0.208. The van der Waals surface area contributed by atoms with Crippen molar-refractivity contribution in [2.75, 3.05) is 18.9 Å². The van der Waals surface area contributed by atoms with Crippen LogP contribution in [0.4, 0.5) is 8.78 Å². The maximum atomic E-state index is 14.3. The Labute approximate surface area is 188 Å². The summed E-state index contributed by atoms with van der Waals surface area (Å²) in [6, 6.07) is 8.11. The van der Waals surface area contributed by atoms with Crippen molar-refractivity contribution in [2.24, 2.45) is 0 Å². The summed E-state index contributed by atoms with van der Waals surface area (Å²) in [6.07, 6.45) is 5.08. The van der Waals surface area contributed by atoms with Crippen molar-refractivity contribution >= 4 is 20.0 Å². The van der Waals surface area contributed by atoms with E-state index in [-0.39, 0.29) is 23.7 Å². The summed E-state index contributed by atoms with van der Waals surface area (Å²) >= 11 is 1.47. The number of hydrogen-bond acceptors (Lipinski definition) is 5. The molecule has 1 atom stereocenters. The summed E-state index contributed by atoms with van der Waals surface area (Å²) in [5.41, 5.74) is 1.70. The molecular weight excluding hydrogens is 441 g/mol. The SMILES string of the molecule is CC(C)(CCCCSc1cnc(CNCCCO[P+](=O)O)cc1F)c1ccc(F)cc1. The van der Waals surface area contributed by atoms with E-state index in [0.717, 1.165) is 30.6 Å². The number of nitrogens with one attached hydrogen (secondary N) is 1. The zero-order valence-electron chi connectivity index (χ0n) is 17.9. The smallest absolute Gasteiger partial charge is 0.311 e. The average molecular weight is 472 g/mol. The van der Waals surface area contributed by atoms with Crippen LogP contribution in [-0.4, -0.2) is 28.8 Å². The van der Waals surface area contributed by atoms with Gasteiger partial charge in [-0.2, -0.15) is 0 Å². The lowest BCUT2D eigenvalue weighted by atomic mass is 9.80. The van der Waals surface area contributed by atoms with Gasteiger partial charge < -0.3 is 5.32 Å². The Hall–Kier alpha value is -1.44. The van der Waals surface area contributed by atoms with Crippen molar-refractivity contribution in [1.82, 2.24) is 10.3 Å². The Morgan fingerprint density at radius 2 is 1.94 bits per heavy atom. The molecule has 170 valence electrons. The lowest BCUT2D eigenvalue weighted by Crippen LogP contribution is -2.17. The summed E-state index contributed by atoms with van der Waals surface area (Å²) in [6.45, 7) is 5.51. The normalized spacial score (nSPS) is 12.2. The highest BCUT2D eigenvalue weighted by Gasteiger charge is 2.20. The van der Waals surface area contributed by atoms with E-state index in [1.54, 1.807) is 6.20 Å². The van der Waals surface area contributed by atoms with Crippen molar-refractivity contribution in [1.29, 1.82) is 0 Å². The van der Waals surface area contributed by atoms with Gasteiger partial charge in [-0.1, -0.05) is 32.4 Å². The summed E-state index contributed by atoms with van der Waals surface area (Å²) in [5.74, 6) is 0.312. The Bertz CT molecular complexity index is 838. The second-order valence-electron chi connectivity index (χ2n) is 7.90. The van der Waals surface area contributed by atoms with Gasteiger partial charge in [0.15, 0.2) is 0 Å². The molecule has 0 radical (unpaired) electrons. The minimum Gasteiger partial charge on any atom is -0.311 e. The van der Waals surface area contributed by atoms with E-state index in [1.165, 1.54) is 30.0 Å². The van der Waals surface area contributed by atoms with Crippen LogP contribution in [0, 0.1) is 11.6 Å². The van der Waals surface area contributed by atoms with E-state index in [9.17, 15) is 13.3 Å². The lowest BCUT2D eigenvalue weighted by molar-refractivity contribution is 0.276.